The lowest BCUT2D eigenvalue weighted by atomic mass is 9.93. The predicted octanol–water partition coefficient (Wildman–Crippen LogP) is -4.56. The minimum absolute atomic E-state index is 0.0666. The van der Waals surface area contributed by atoms with Gasteiger partial charge in [-0.3, -0.25) is 24.0 Å². The highest BCUT2D eigenvalue weighted by molar-refractivity contribution is 5.94. The smallest absolute Gasteiger partial charge is 0.251 e. The Labute approximate surface area is 510 Å². The topological polar surface area (TPSA) is 460 Å². The lowest BCUT2D eigenvalue weighted by Gasteiger charge is -2.50. The Morgan fingerprint density at radius 3 is 1.65 bits per heavy atom. The van der Waals surface area contributed by atoms with Crippen molar-refractivity contribution in [1.82, 2.24) is 26.6 Å². The number of rotatable bonds is 33. The number of carbonyl (C=O) groups excluding carboxylic acids is 5. The van der Waals surface area contributed by atoms with E-state index in [9.17, 15) is 80.1 Å². The molecule has 4 heterocycles. The first-order valence-corrected chi connectivity index (χ1v) is 29.7. The average Bonchev–Trinajstić information content (AvgIpc) is 1.69. The molecule has 4 fully saturated rings. The Morgan fingerprint density at radius 1 is 0.591 bits per heavy atom. The van der Waals surface area contributed by atoms with Gasteiger partial charge in [0.1, 0.15) is 103 Å². The number of ether oxygens (including phenoxy) is 10. The first kappa shape index (κ1) is 74.0. The highest BCUT2D eigenvalue weighted by Gasteiger charge is 2.56. The molecular formula is C57H93N5O26. The van der Waals surface area contributed by atoms with Gasteiger partial charge in [0.2, 0.25) is 29.9 Å². The number of allylic oxidation sites excluding steroid dienone is 2. The van der Waals surface area contributed by atoms with Crippen molar-refractivity contribution in [2.45, 2.75) is 241 Å². The van der Waals surface area contributed by atoms with Gasteiger partial charge in [-0.15, -0.1) is 0 Å². The summed E-state index contributed by atoms with van der Waals surface area (Å²) in [5.41, 5.74) is 0.0666. The largest absolute Gasteiger partial charge is 0.494 e. The van der Waals surface area contributed by atoms with Gasteiger partial charge in [-0.25, -0.2) is 0 Å². The van der Waals surface area contributed by atoms with Crippen LogP contribution in [0.15, 0.2) is 36.4 Å². The molecule has 24 atom stereocenters. The van der Waals surface area contributed by atoms with Crippen molar-refractivity contribution in [2.75, 3.05) is 39.6 Å². The monoisotopic (exact) mass is 1260 g/mol. The zero-order chi connectivity index (χ0) is 64.9. The maximum atomic E-state index is 13.9. The molecule has 88 heavy (non-hydrogen) atoms. The quantitative estimate of drug-likeness (QED) is 0.0179. The Balaban J connectivity index is 1.33. The fourth-order valence-corrected chi connectivity index (χ4v) is 10.7. The molecule has 4 aliphatic rings. The van der Waals surface area contributed by atoms with Gasteiger partial charge in [-0.05, 0) is 57.7 Å². The average molecular weight is 1260 g/mol. The molecule has 502 valence electrons. The molecule has 0 radical (unpaired) electrons. The standard InChI is InChI=1S/C57H93N5O26/c1-8-9-10-11-12-13-14-15-16-20-79-34-19-17-18-33(21-34)52(77)62-41-45(73)44(72)36(23-64)83-55(41)86-51-39(26-67)85-56(43(48(51)76)60-31(6)70)87-50-38(25-66)84-54(42(47(50)75)59-30(5)69)81-27(2)35(22-63)82-57(53(78)61-32(7)71)88-49-37(24-65)80-28(3)40(46(49)74)58-29(4)68/h13-14,17-19,21,27-28,35-51,53-57,63-67,72-76,78H,8-12,15-16,20,22-26H2,1-7H3,(H,58,68)(H,59,69)(H,60,70)(H,61,71)(H,62,77)/b14-13-/t27?,28?,35?,36?,37?,38?,39?,40-,41?,42?,43?,44-,45?,46?,47?,48?,49?,50?,51-,53?,54-,55?,56?,57+/m1/s1. The molecule has 0 saturated carbocycles. The zero-order valence-corrected chi connectivity index (χ0v) is 50.6. The summed E-state index contributed by atoms with van der Waals surface area (Å²) in [6, 6.07) is 0.0828. The van der Waals surface area contributed by atoms with E-state index in [2.05, 4.69) is 45.7 Å². The molecule has 31 heteroatoms. The van der Waals surface area contributed by atoms with Crippen LogP contribution in [0.1, 0.15) is 104 Å². The number of carbonyl (C=O) groups is 5. The van der Waals surface area contributed by atoms with Crippen LogP contribution in [0.5, 0.6) is 5.75 Å². The summed E-state index contributed by atoms with van der Waals surface area (Å²) < 4.78 is 60.2. The van der Waals surface area contributed by atoms with Crippen LogP contribution < -0.4 is 31.3 Å². The van der Waals surface area contributed by atoms with Gasteiger partial charge in [0.15, 0.2) is 25.1 Å². The number of aliphatic hydroxyl groups is 11. The van der Waals surface area contributed by atoms with Crippen molar-refractivity contribution >= 4 is 29.5 Å². The Kier molecular flexibility index (Phi) is 30.6. The third kappa shape index (κ3) is 20.7. The minimum atomic E-state index is -2.03. The van der Waals surface area contributed by atoms with Gasteiger partial charge in [0.05, 0.1) is 57.9 Å². The second-order valence-corrected chi connectivity index (χ2v) is 22.2. The van der Waals surface area contributed by atoms with Crippen molar-refractivity contribution in [1.29, 1.82) is 0 Å². The minimum Gasteiger partial charge on any atom is -0.494 e. The summed E-state index contributed by atoms with van der Waals surface area (Å²) >= 11 is 0. The molecule has 0 aromatic heterocycles. The number of nitrogens with one attached hydrogen (secondary N) is 5. The fraction of sp³-hybridized carbons (Fsp3) is 0.772. The molecule has 5 amide bonds. The molecule has 4 aliphatic heterocycles. The summed E-state index contributed by atoms with van der Waals surface area (Å²) in [5, 5.41) is 134. The van der Waals surface area contributed by atoms with Crippen LogP contribution in [-0.2, 0) is 61.8 Å². The summed E-state index contributed by atoms with van der Waals surface area (Å²) in [5.74, 6) is -3.31. The molecule has 16 N–H and O–H groups in total. The summed E-state index contributed by atoms with van der Waals surface area (Å²) in [4.78, 5) is 63.6. The van der Waals surface area contributed by atoms with Gasteiger partial charge >= 0.3 is 0 Å². The van der Waals surface area contributed by atoms with Gasteiger partial charge in [0, 0.05) is 33.3 Å². The molecule has 0 spiro atoms. The van der Waals surface area contributed by atoms with Gasteiger partial charge in [0.25, 0.3) is 5.91 Å². The molecule has 31 nitrogen and oxygen atoms in total. The number of hydrogen-bond acceptors (Lipinski definition) is 26. The van der Waals surface area contributed by atoms with E-state index in [0.717, 1.165) is 40.0 Å². The van der Waals surface area contributed by atoms with E-state index >= 15 is 0 Å². The first-order chi connectivity index (χ1) is 41.9. The molecule has 1 aromatic carbocycles. The fourth-order valence-electron chi connectivity index (χ4n) is 10.7. The van der Waals surface area contributed by atoms with Gasteiger partial charge < -0.3 is 130 Å². The van der Waals surface area contributed by atoms with Crippen LogP contribution in [0.2, 0.25) is 0 Å². The predicted molar refractivity (Wildman–Crippen MR) is 303 cm³/mol. The number of aliphatic hydroxyl groups excluding tert-OH is 11. The second kappa shape index (κ2) is 36.4. The zero-order valence-electron chi connectivity index (χ0n) is 50.6. The summed E-state index contributed by atoms with van der Waals surface area (Å²) in [7, 11) is 0. The van der Waals surface area contributed by atoms with Crippen molar-refractivity contribution in [2.24, 2.45) is 0 Å². The molecule has 5 rings (SSSR count). The highest BCUT2D eigenvalue weighted by Crippen LogP contribution is 2.34. The van der Waals surface area contributed by atoms with E-state index in [1.165, 1.54) is 52.2 Å². The molecule has 1 aromatic rings. The van der Waals surface area contributed by atoms with E-state index in [1.54, 1.807) is 12.1 Å². The van der Waals surface area contributed by atoms with Gasteiger partial charge in [-0.1, -0.05) is 44.4 Å². The van der Waals surface area contributed by atoms with Crippen molar-refractivity contribution in [3.63, 3.8) is 0 Å². The van der Waals surface area contributed by atoms with Crippen LogP contribution >= 0.6 is 0 Å². The van der Waals surface area contributed by atoms with E-state index in [4.69, 9.17) is 47.4 Å². The second-order valence-electron chi connectivity index (χ2n) is 22.2. The van der Waals surface area contributed by atoms with Gasteiger partial charge in [-0.2, -0.15) is 0 Å². The summed E-state index contributed by atoms with van der Waals surface area (Å²) in [6.07, 6.45) is -22.2. The van der Waals surface area contributed by atoms with E-state index in [0.29, 0.717) is 18.8 Å². The van der Waals surface area contributed by atoms with E-state index < -0.39 is 210 Å². The lowest BCUT2D eigenvalue weighted by molar-refractivity contribution is -0.357. The summed E-state index contributed by atoms with van der Waals surface area (Å²) in [6.45, 7) is 5.27. The maximum absolute atomic E-state index is 13.9. The third-order valence-corrected chi connectivity index (χ3v) is 15.3. The molecule has 19 unspecified atom stereocenters. The highest BCUT2D eigenvalue weighted by atomic mass is 16.8. The van der Waals surface area contributed by atoms with E-state index in [1.807, 2.05) is 0 Å². The van der Waals surface area contributed by atoms with Crippen LogP contribution in [0.4, 0.5) is 0 Å². The van der Waals surface area contributed by atoms with Crippen LogP contribution in [0.3, 0.4) is 0 Å². The van der Waals surface area contributed by atoms with Crippen LogP contribution in [0, 0.1) is 0 Å². The van der Waals surface area contributed by atoms with Crippen molar-refractivity contribution in [3.05, 3.63) is 42.0 Å². The number of amides is 5. The maximum Gasteiger partial charge on any atom is 0.251 e. The van der Waals surface area contributed by atoms with Crippen molar-refractivity contribution in [3.8, 4) is 5.75 Å². The Hall–Kier alpha value is -4.69. The number of unbranched alkanes of at least 4 members (excludes halogenated alkanes) is 5. The van der Waals surface area contributed by atoms with Crippen LogP contribution in [0.25, 0.3) is 0 Å². The number of benzene rings is 1. The van der Waals surface area contributed by atoms with Crippen LogP contribution in [-0.4, -0.2) is 272 Å². The molecule has 0 aliphatic carbocycles. The first-order valence-electron chi connectivity index (χ1n) is 29.7. The molecule has 4 saturated heterocycles. The third-order valence-electron chi connectivity index (χ3n) is 15.3. The lowest BCUT2D eigenvalue weighted by Crippen LogP contribution is -2.71. The normalized spacial score (nSPS) is 34.0. The Bertz CT molecular complexity index is 2350. The molecule has 0 bridgehead atoms. The Morgan fingerprint density at radius 2 is 1.10 bits per heavy atom. The number of hydrogen-bond donors (Lipinski definition) is 16. The SMILES string of the molecule is CCCCCC/C=C\CCCOc1cccc(C(=O)NC2C(O[C@@H]3C(CO)OC(OC4C(CO)O[C@@H](OC(C)C(CO)O[C@@H](OC5C(CO)OC(C)[C@@H](NC(C)=O)C5O)C(O)NC(C)=O)C(NC(C)=O)C4O)C(NC(C)=O)C3O)OC(CO)[C@@H](O)C2O)c1. The van der Waals surface area contributed by atoms with Crippen molar-refractivity contribution < 1.29 is 128 Å². The molecular weight excluding hydrogens is 1170 g/mol. The van der Waals surface area contributed by atoms with E-state index in [-0.39, 0.29) is 5.56 Å².